The molecule has 0 N–H and O–H groups in total. The van der Waals surface area contributed by atoms with Crippen LogP contribution in [0.4, 0.5) is 0 Å². The van der Waals surface area contributed by atoms with Gasteiger partial charge in [0.25, 0.3) is 0 Å². The van der Waals surface area contributed by atoms with Crippen molar-refractivity contribution in [2.24, 2.45) is 0 Å². The Bertz CT molecular complexity index is 339. The average Bonchev–Trinajstić information content (AvgIpc) is 2.19. The van der Waals surface area contributed by atoms with Crippen molar-refractivity contribution in [2.75, 3.05) is 26.4 Å². The third kappa shape index (κ3) is 12.8. The van der Waals surface area contributed by atoms with Crippen LogP contribution >= 0.6 is 0 Å². The summed E-state index contributed by atoms with van der Waals surface area (Å²) in [4.78, 5) is 0. The zero-order chi connectivity index (χ0) is 12.3. The lowest BCUT2D eigenvalue weighted by Crippen LogP contribution is -2.16. The largest absolute Gasteiger partial charge is 0.356 e. The van der Waals surface area contributed by atoms with Crippen LogP contribution in [0, 0.1) is 35.6 Å². The lowest BCUT2D eigenvalue weighted by molar-refractivity contribution is 0.199. The Labute approximate surface area is 99.7 Å². The fraction of sp³-hybridized carbons (Fsp3) is 0.538. The summed E-state index contributed by atoms with van der Waals surface area (Å²) in [6.45, 7) is 8.09. The number of hydrogen-bond donors (Lipinski definition) is 0. The fourth-order valence-electron chi connectivity index (χ4n) is 0.717. The predicted molar refractivity (Wildman–Crippen MR) is 69.4 cm³/mol. The van der Waals surface area contributed by atoms with Crippen molar-refractivity contribution in [1.29, 1.82) is 0 Å². The smallest absolute Gasteiger partial charge is 0.129 e. The molecule has 0 saturated heterocycles. The molecule has 0 aromatic heterocycles. The lowest BCUT2D eigenvalue weighted by Gasteiger charge is -2.02. The molecule has 0 aliphatic rings. The van der Waals surface area contributed by atoms with Gasteiger partial charge in [0, 0.05) is 0 Å². The third-order valence-corrected chi connectivity index (χ3v) is 2.22. The maximum Gasteiger partial charge on any atom is 0.129 e. The first-order chi connectivity index (χ1) is 7.56. The van der Waals surface area contributed by atoms with Crippen molar-refractivity contribution in [2.45, 2.75) is 19.6 Å². The van der Waals surface area contributed by atoms with E-state index in [0.29, 0.717) is 26.4 Å². The third-order valence-electron chi connectivity index (χ3n) is 1.30. The van der Waals surface area contributed by atoms with Gasteiger partial charge in [-0.15, -0.1) is 12.0 Å². The Morgan fingerprint density at radius 2 is 1.38 bits per heavy atom. The normalized spacial score (nSPS) is 9.38. The van der Waals surface area contributed by atoms with Crippen LogP contribution in [-0.2, 0) is 9.47 Å². The maximum atomic E-state index is 5.21. The first-order valence-electron chi connectivity index (χ1n) is 5.11. The van der Waals surface area contributed by atoms with Crippen molar-refractivity contribution in [1.82, 2.24) is 0 Å². The van der Waals surface area contributed by atoms with Crippen LogP contribution in [0.1, 0.15) is 0 Å². The van der Waals surface area contributed by atoms with E-state index >= 15 is 0 Å². The second-order valence-corrected chi connectivity index (χ2v) is 8.85. The molecule has 0 heterocycles. The molecule has 0 unspecified atom stereocenters. The second kappa shape index (κ2) is 9.07. The minimum atomic E-state index is -1.26. The van der Waals surface area contributed by atoms with Crippen molar-refractivity contribution in [3.8, 4) is 35.6 Å². The van der Waals surface area contributed by atoms with Crippen molar-refractivity contribution in [3.63, 3.8) is 0 Å². The van der Waals surface area contributed by atoms with Gasteiger partial charge in [-0.1, -0.05) is 43.3 Å². The molecule has 86 valence electrons. The van der Waals surface area contributed by atoms with E-state index in [1.807, 2.05) is 0 Å². The summed E-state index contributed by atoms with van der Waals surface area (Å²) >= 11 is 0. The van der Waals surface area contributed by atoms with Gasteiger partial charge in [-0.3, -0.25) is 0 Å². The SMILES string of the molecule is C#CCOCC#CCOCC#C[Si](C)(C)C. The molecule has 0 fully saturated rings. The molecule has 0 saturated carbocycles. The molecular weight excluding hydrogens is 216 g/mol. The van der Waals surface area contributed by atoms with Gasteiger partial charge in [-0.25, -0.2) is 0 Å². The van der Waals surface area contributed by atoms with Crippen LogP contribution in [0.2, 0.25) is 19.6 Å². The number of rotatable bonds is 4. The van der Waals surface area contributed by atoms with E-state index in [0.717, 1.165) is 0 Å². The van der Waals surface area contributed by atoms with Gasteiger partial charge in [-0.2, -0.15) is 0 Å². The highest BCUT2D eigenvalue weighted by atomic mass is 28.3. The van der Waals surface area contributed by atoms with Crippen LogP contribution in [0.25, 0.3) is 0 Å². The van der Waals surface area contributed by atoms with Gasteiger partial charge in [0.15, 0.2) is 0 Å². The summed E-state index contributed by atoms with van der Waals surface area (Å²) in [5.74, 6) is 11.0. The molecule has 0 bridgehead atoms. The molecule has 16 heavy (non-hydrogen) atoms. The zero-order valence-corrected chi connectivity index (χ0v) is 11.2. The van der Waals surface area contributed by atoms with Gasteiger partial charge in [0.2, 0.25) is 0 Å². The summed E-state index contributed by atoms with van der Waals surface area (Å²) in [6, 6.07) is 0. The zero-order valence-electron chi connectivity index (χ0n) is 10.2. The Morgan fingerprint density at radius 1 is 0.875 bits per heavy atom. The van der Waals surface area contributed by atoms with Crippen molar-refractivity contribution >= 4 is 8.07 Å². The maximum absolute atomic E-state index is 5.21. The highest BCUT2D eigenvalue weighted by molar-refractivity contribution is 6.83. The molecule has 0 spiro atoms. The van der Waals surface area contributed by atoms with Crippen LogP contribution in [-0.4, -0.2) is 34.5 Å². The van der Waals surface area contributed by atoms with Gasteiger partial charge >= 0.3 is 0 Å². The van der Waals surface area contributed by atoms with Crippen LogP contribution in [0.3, 0.4) is 0 Å². The summed E-state index contributed by atoms with van der Waals surface area (Å²) < 4.78 is 10.2. The highest BCUT2D eigenvalue weighted by Gasteiger charge is 2.06. The van der Waals surface area contributed by atoms with Gasteiger partial charge in [-0.05, 0) is 0 Å². The van der Waals surface area contributed by atoms with E-state index < -0.39 is 8.07 Å². The summed E-state index contributed by atoms with van der Waals surface area (Å²) in [6.07, 6.45) is 5.00. The summed E-state index contributed by atoms with van der Waals surface area (Å²) in [5.41, 5.74) is 3.21. The second-order valence-electron chi connectivity index (χ2n) is 4.10. The Morgan fingerprint density at radius 3 is 1.88 bits per heavy atom. The van der Waals surface area contributed by atoms with Crippen molar-refractivity contribution < 1.29 is 9.47 Å². The first-order valence-corrected chi connectivity index (χ1v) is 8.61. The topological polar surface area (TPSA) is 18.5 Å². The standard InChI is InChI=1S/C13H18O2Si/c1-5-9-14-10-6-7-11-15-12-8-13-16(2,3)4/h1H,9-12H2,2-4H3. The predicted octanol–water partition coefficient (Wildman–Crippen LogP) is 1.54. The number of terminal acetylenes is 1. The molecule has 0 aliphatic carbocycles. The number of ether oxygens (including phenoxy) is 2. The monoisotopic (exact) mass is 234 g/mol. The molecule has 0 radical (unpaired) electrons. The minimum absolute atomic E-state index is 0.303. The van der Waals surface area contributed by atoms with Crippen LogP contribution in [0.5, 0.6) is 0 Å². The van der Waals surface area contributed by atoms with E-state index in [4.69, 9.17) is 15.9 Å². The summed E-state index contributed by atoms with van der Waals surface area (Å²) in [7, 11) is -1.26. The Balaban J connectivity index is 3.46. The quantitative estimate of drug-likeness (QED) is 0.417. The highest BCUT2D eigenvalue weighted by Crippen LogP contribution is 1.95. The van der Waals surface area contributed by atoms with E-state index in [1.165, 1.54) is 0 Å². The molecule has 0 aromatic rings. The Kier molecular flexibility index (Phi) is 8.40. The number of hydrogen-bond acceptors (Lipinski definition) is 2. The van der Waals surface area contributed by atoms with E-state index in [1.54, 1.807) is 0 Å². The Hall–Kier alpha value is -1.18. The molecule has 3 heteroatoms. The summed E-state index contributed by atoms with van der Waals surface area (Å²) in [5, 5.41) is 0. The van der Waals surface area contributed by atoms with Gasteiger partial charge < -0.3 is 9.47 Å². The van der Waals surface area contributed by atoms with Gasteiger partial charge in [0.1, 0.15) is 34.5 Å². The van der Waals surface area contributed by atoms with E-state index in [2.05, 4.69) is 48.9 Å². The molecule has 0 rings (SSSR count). The van der Waals surface area contributed by atoms with Gasteiger partial charge in [0.05, 0.1) is 0 Å². The van der Waals surface area contributed by atoms with Crippen molar-refractivity contribution in [3.05, 3.63) is 0 Å². The van der Waals surface area contributed by atoms with E-state index in [-0.39, 0.29) is 0 Å². The van der Waals surface area contributed by atoms with E-state index in [9.17, 15) is 0 Å². The molecule has 2 nitrogen and oxygen atoms in total. The molecule has 0 aromatic carbocycles. The van der Waals surface area contributed by atoms with Crippen LogP contribution < -0.4 is 0 Å². The minimum Gasteiger partial charge on any atom is -0.356 e. The van der Waals surface area contributed by atoms with Crippen LogP contribution in [0.15, 0.2) is 0 Å². The first kappa shape index (κ1) is 14.8. The average molecular weight is 234 g/mol. The fourth-order valence-corrected chi connectivity index (χ4v) is 1.32. The molecular formula is C13H18O2Si. The lowest BCUT2D eigenvalue weighted by atomic mass is 10.6. The molecule has 0 amide bonds. The molecule has 0 atom stereocenters. The molecule has 0 aliphatic heterocycles.